The molecule has 2 aromatic rings. The Hall–Kier alpha value is -2.76. The molecule has 2 rings (SSSR count). The Morgan fingerprint density at radius 3 is 2.60 bits per heavy atom. The van der Waals surface area contributed by atoms with Crippen molar-refractivity contribution in [2.45, 2.75) is 13.0 Å². The van der Waals surface area contributed by atoms with E-state index in [1.54, 1.807) is 26.3 Å². The van der Waals surface area contributed by atoms with Crippen LogP contribution in [0.4, 0.5) is 4.39 Å². The van der Waals surface area contributed by atoms with Gasteiger partial charge in [0.05, 0.1) is 13.7 Å². The highest BCUT2D eigenvalue weighted by Gasteiger charge is 2.00. The van der Waals surface area contributed by atoms with Crippen molar-refractivity contribution in [1.82, 2.24) is 10.6 Å². The van der Waals surface area contributed by atoms with Gasteiger partial charge in [-0.3, -0.25) is 4.99 Å². The van der Waals surface area contributed by atoms with Crippen molar-refractivity contribution in [2.75, 3.05) is 27.3 Å². The van der Waals surface area contributed by atoms with Crippen LogP contribution in [0.2, 0.25) is 0 Å². The fraction of sp³-hybridized carbons (Fsp3) is 0.316. The van der Waals surface area contributed by atoms with Gasteiger partial charge in [-0.2, -0.15) is 0 Å². The van der Waals surface area contributed by atoms with Crippen LogP contribution >= 0.6 is 0 Å². The number of hydrogen-bond acceptors (Lipinski definition) is 3. The Morgan fingerprint density at radius 2 is 1.88 bits per heavy atom. The molecule has 0 fully saturated rings. The summed E-state index contributed by atoms with van der Waals surface area (Å²) >= 11 is 0. The molecule has 0 spiro atoms. The van der Waals surface area contributed by atoms with Gasteiger partial charge in [-0.25, -0.2) is 4.39 Å². The lowest BCUT2D eigenvalue weighted by Gasteiger charge is -2.12. The molecule has 0 heterocycles. The Balaban J connectivity index is 1.65. The molecule has 2 aromatic carbocycles. The third-order valence-corrected chi connectivity index (χ3v) is 3.51. The van der Waals surface area contributed by atoms with Gasteiger partial charge < -0.3 is 20.1 Å². The molecule has 0 atom stereocenters. The van der Waals surface area contributed by atoms with Gasteiger partial charge in [0, 0.05) is 20.1 Å². The van der Waals surface area contributed by atoms with E-state index in [1.807, 2.05) is 24.3 Å². The number of nitrogens with zero attached hydrogens (tertiary/aromatic N) is 1. The molecule has 134 valence electrons. The maximum atomic E-state index is 12.8. The average Bonchev–Trinajstić information content (AvgIpc) is 2.65. The molecular formula is C19H24FN3O2. The van der Waals surface area contributed by atoms with E-state index >= 15 is 0 Å². The van der Waals surface area contributed by atoms with Crippen LogP contribution in [-0.2, 0) is 6.54 Å². The smallest absolute Gasteiger partial charge is 0.191 e. The number of benzene rings is 2. The molecule has 0 unspecified atom stereocenters. The Morgan fingerprint density at radius 1 is 1.08 bits per heavy atom. The van der Waals surface area contributed by atoms with Gasteiger partial charge in [-0.05, 0) is 48.4 Å². The van der Waals surface area contributed by atoms with E-state index in [-0.39, 0.29) is 5.82 Å². The quantitative estimate of drug-likeness (QED) is 0.439. The van der Waals surface area contributed by atoms with Crippen LogP contribution in [0.15, 0.2) is 53.5 Å². The Bertz CT molecular complexity index is 675. The van der Waals surface area contributed by atoms with Gasteiger partial charge in [-0.1, -0.05) is 12.1 Å². The van der Waals surface area contributed by atoms with Gasteiger partial charge in [0.1, 0.15) is 17.3 Å². The SMILES string of the molecule is CN=C(NCCCOc1ccc(F)cc1)NCc1cccc(OC)c1. The number of hydrogen-bond donors (Lipinski definition) is 2. The molecule has 0 saturated heterocycles. The topological polar surface area (TPSA) is 54.9 Å². The molecule has 0 aliphatic carbocycles. The van der Waals surface area contributed by atoms with Gasteiger partial charge >= 0.3 is 0 Å². The van der Waals surface area contributed by atoms with Crippen molar-refractivity contribution < 1.29 is 13.9 Å². The summed E-state index contributed by atoms with van der Waals surface area (Å²) in [5.74, 6) is 1.96. The first-order valence-electron chi connectivity index (χ1n) is 8.17. The van der Waals surface area contributed by atoms with Gasteiger partial charge in [-0.15, -0.1) is 0 Å². The summed E-state index contributed by atoms with van der Waals surface area (Å²) in [7, 11) is 3.39. The third kappa shape index (κ3) is 6.71. The molecule has 0 amide bonds. The summed E-state index contributed by atoms with van der Waals surface area (Å²) in [6.45, 7) is 1.92. The molecule has 0 radical (unpaired) electrons. The molecule has 25 heavy (non-hydrogen) atoms. The standard InChI is InChI=1S/C19H24FN3O2/c1-21-19(23-14-15-5-3-6-18(13-15)24-2)22-11-4-12-25-17-9-7-16(20)8-10-17/h3,5-10,13H,4,11-12,14H2,1-2H3,(H2,21,22,23). The minimum Gasteiger partial charge on any atom is -0.497 e. The third-order valence-electron chi connectivity index (χ3n) is 3.51. The molecule has 0 aliphatic heterocycles. The van der Waals surface area contributed by atoms with E-state index in [4.69, 9.17) is 9.47 Å². The molecule has 6 heteroatoms. The van der Waals surface area contributed by atoms with E-state index in [0.717, 1.165) is 30.2 Å². The van der Waals surface area contributed by atoms with Crippen LogP contribution in [0, 0.1) is 5.82 Å². The summed E-state index contributed by atoms with van der Waals surface area (Å²) in [4.78, 5) is 4.19. The van der Waals surface area contributed by atoms with Gasteiger partial charge in [0.15, 0.2) is 5.96 Å². The van der Waals surface area contributed by atoms with Crippen molar-refractivity contribution >= 4 is 5.96 Å². The fourth-order valence-corrected chi connectivity index (χ4v) is 2.19. The first-order chi connectivity index (χ1) is 12.2. The zero-order valence-electron chi connectivity index (χ0n) is 14.6. The second kappa shape index (κ2) is 10.2. The summed E-state index contributed by atoms with van der Waals surface area (Å²) in [6, 6.07) is 13.9. The lowest BCUT2D eigenvalue weighted by molar-refractivity contribution is 0.310. The number of nitrogens with one attached hydrogen (secondary N) is 2. The zero-order valence-corrected chi connectivity index (χ0v) is 14.6. The van der Waals surface area contributed by atoms with Crippen molar-refractivity contribution in [3.8, 4) is 11.5 Å². The van der Waals surface area contributed by atoms with Crippen LogP contribution in [0.1, 0.15) is 12.0 Å². The van der Waals surface area contributed by atoms with Crippen molar-refractivity contribution in [2.24, 2.45) is 4.99 Å². The number of guanidine groups is 1. The van der Waals surface area contributed by atoms with Crippen LogP contribution in [0.5, 0.6) is 11.5 Å². The molecule has 2 N–H and O–H groups in total. The number of ether oxygens (including phenoxy) is 2. The lowest BCUT2D eigenvalue weighted by Crippen LogP contribution is -2.37. The van der Waals surface area contributed by atoms with Crippen molar-refractivity contribution in [1.29, 1.82) is 0 Å². The number of halogens is 1. The van der Waals surface area contributed by atoms with Gasteiger partial charge in [0.25, 0.3) is 0 Å². The zero-order chi connectivity index (χ0) is 17.9. The monoisotopic (exact) mass is 345 g/mol. The van der Waals surface area contributed by atoms with Crippen molar-refractivity contribution in [3.05, 3.63) is 59.9 Å². The molecule has 5 nitrogen and oxygen atoms in total. The molecule has 0 bridgehead atoms. The highest BCUT2D eigenvalue weighted by Crippen LogP contribution is 2.12. The van der Waals surface area contributed by atoms with E-state index in [0.29, 0.717) is 18.9 Å². The predicted octanol–water partition coefficient (Wildman–Crippen LogP) is 2.97. The highest BCUT2D eigenvalue weighted by atomic mass is 19.1. The lowest BCUT2D eigenvalue weighted by atomic mass is 10.2. The summed E-state index contributed by atoms with van der Waals surface area (Å²) in [5, 5.41) is 6.48. The minimum absolute atomic E-state index is 0.264. The predicted molar refractivity (Wildman–Crippen MR) is 97.7 cm³/mol. The second-order valence-electron chi connectivity index (χ2n) is 5.36. The number of aliphatic imine (C=N–C) groups is 1. The van der Waals surface area contributed by atoms with Crippen LogP contribution < -0.4 is 20.1 Å². The summed E-state index contributed by atoms with van der Waals surface area (Å²) < 4.78 is 23.6. The maximum absolute atomic E-state index is 12.8. The molecule has 0 aromatic heterocycles. The molecule has 0 aliphatic rings. The van der Waals surface area contributed by atoms with Crippen LogP contribution in [0.25, 0.3) is 0 Å². The van der Waals surface area contributed by atoms with E-state index in [1.165, 1.54) is 12.1 Å². The highest BCUT2D eigenvalue weighted by molar-refractivity contribution is 5.79. The average molecular weight is 345 g/mol. The van der Waals surface area contributed by atoms with Crippen molar-refractivity contribution in [3.63, 3.8) is 0 Å². The first-order valence-corrected chi connectivity index (χ1v) is 8.17. The maximum Gasteiger partial charge on any atom is 0.191 e. The largest absolute Gasteiger partial charge is 0.497 e. The Labute approximate surface area is 147 Å². The van der Waals surface area contributed by atoms with E-state index in [9.17, 15) is 4.39 Å². The molecular weight excluding hydrogens is 321 g/mol. The fourth-order valence-electron chi connectivity index (χ4n) is 2.19. The van der Waals surface area contributed by atoms with E-state index < -0.39 is 0 Å². The first kappa shape index (κ1) is 18.6. The molecule has 0 saturated carbocycles. The minimum atomic E-state index is -0.264. The van der Waals surface area contributed by atoms with Gasteiger partial charge in [0.2, 0.25) is 0 Å². The summed E-state index contributed by atoms with van der Waals surface area (Å²) in [6.07, 6.45) is 0.803. The number of rotatable bonds is 8. The normalized spacial score (nSPS) is 11.1. The number of methoxy groups -OCH3 is 1. The Kier molecular flexibility index (Phi) is 7.56. The van der Waals surface area contributed by atoms with Crippen LogP contribution in [-0.4, -0.2) is 33.3 Å². The van der Waals surface area contributed by atoms with E-state index in [2.05, 4.69) is 15.6 Å². The van der Waals surface area contributed by atoms with Crippen LogP contribution in [0.3, 0.4) is 0 Å². The second-order valence-corrected chi connectivity index (χ2v) is 5.36. The summed E-state index contributed by atoms with van der Waals surface area (Å²) in [5.41, 5.74) is 1.11.